The van der Waals surface area contributed by atoms with Crippen molar-refractivity contribution in [1.82, 2.24) is 19.3 Å². The van der Waals surface area contributed by atoms with Gasteiger partial charge in [-0.25, -0.2) is 18.4 Å². The first kappa shape index (κ1) is 21.8. The van der Waals surface area contributed by atoms with Crippen LogP contribution in [0.2, 0.25) is 0 Å². The van der Waals surface area contributed by atoms with Crippen LogP contribution in [0.4, 0.5) is 24.8 Å². The van der Waals surface area contributed by atoms with E-state index in [-0.39, 0.29) is 18.0 Å². The van der Waals surface area contributed by atoms with Crippen molar-refractivity contribution in [1.29, 1.82) is 0 Å². The van der Waals surface area contributed by atoms with Crippen LogP contribution in [0.3, 0.4) is 0 Å². The van der Waals surface area contributed by atoms with Gasteiger partial charge in [-0.05, 0) is 43.2 Å². The Morgan fingerprint density at radius 2 is 1.64 bits per heavy atom. The molecule has 0 bridgehead atoms. The molecule has 0 spiro atoms. The summed E-state index contributed by atoms with van der Waals surface area (Å²) in [7, 11) is -3.91. The van der Waals surface area contributed by atoms with Crippen molar-refractivity contribution in [3.63, 3.8) is 0 Å². The van der Waals surface area contributed by atoms with Crippen molar-refractivity contribution < 1.29 is 21.6 Å². The van der Waals surface area contributed by atoms with E-state index in [0.29, 0.717) is 36.3 Å². The third-order valence-corrected chi connectivity index (χ3v) is 7.64. The lowest BCUT2D eigenvalue weighted by Gasteiger charge is -2.35. The van der Waals surface area contributed by atoms with Crippen LogP contribution in [-0.4, -0.2) is 59.9 Å². The fourth-order valence-corrected chi connectivity index (χ4v) is 5.16. The SMILES string of the molecule is O=S(=O)(c1ccc(C(F)(F)F)cc1)N1CCN(c2nc3cnccc3nc2NC2CC2)CC1. The number of benzene rings is 1. The highest BCUT2D eigenvalue weighted by Crippen LogP contribution is 2.32. The van der Waals surface area contributed by atoms with Gasteiger partial charge in [0, 0.05) is 38.4 Å². The Labute approximate surface area is 188 Å². The minimum absolute atomic E-state index is 0.156. The maximum absolute atomic E-state index is 13.0. The monoisotopic (exact) mass is 478 g/mol. The van der Waals surface area contributed by atoms with Gasteiger partial charge in [0.15, 0.2) is 11.6 Å². The maximum atomic E-state index is 13.0. The molecule has 174 valence electrons. The number of hydrogen-bond acceptors (Lipinski definition) is 7. The molecular formula is C21H21F3N6O2S. The van der Waals surface area contributed by atoms with E-state index in [4.69, 9.17) is 9.97 Å². The smallest absolute Gasteiger partial charge is 0.364 e. The lowest BCUT2D eigenvalue weighted by atomic mass is 10.2. The van der Waals surface area contributed by atoms with Gasteiger partial charge in [-0.15, -0.1) is 0 Å². The van der Waals surface area contributed by atoms with Gasteiger partial charge < -0.3 is 10.2 Å². The Balaban J connectivity index is 1.35. The Kier molecular flexibility index (Phi) is 5.36. The molecule has 5 rings (SSSR count). The van der Waals surface area contributed by atoms with E-state index in [1.807, 2.05) is 4.90 Å². The molecule has 1 N–H and O–H groups in total. The van der Waals surface area contributed by atoms with Crippen LogP contribution in [0.25, 0.3) is 11.0 Å². The van der Waals surface area contributed by atoms with Crippen molar-refractivity contribution >= 4 is 32.7 Å². The summed E-state index contributed by atoms with van der Waals surface area (Å²) in [5.41, 5.74) is 0.486. The number of rotatable bonds is 5. The number of piperazine rings is 1. The number of hydrogen-bond donors (Lipinski definition) is 1. The predicted molar refractivity (Wildman–Crippen MR) is 116 cm³/mol. The molecule has 0 radical (unpaired) electrons. The molecule has 1 saturated carbocycles. The fourth-order valence-electron chi connectivity index (χ4n) is 3.74. The summed E-state index contributed by atoms with van der Waals surface area (Å²) in [6.45, 7) is 1.11. The van der Waals surface area contributed by atoms with E-state index in [1.54, 1.807) is 18.5 Å². The summed E-state index contributed by atoms with van der Waals surface area (Å²) in [5.74, 6) is 1.31. The zero-order chi connectivity index (χ0) is 23.2. The standard InChI is InChI=1S/C21H21F3N6O2S/c22-21(23,24)14-1-5-16(6-2-14)33(31,32)30-11-9-29(10-12-30)20-19(26-15-3-4-15)27-17-7-8-25-13-18(17)28-20/h1-2,5-8,13,15H,3-4,9-12H2,(H,26,27). The van der Waals surface area contributed by atoms with E-state index in [2.05, 4.69) is 10.3 Å². The normalized spacial score (nSPS) is 18.0. The first-order valence-electron chi connectivity index (χ1n) is 10.5. The maximum Gasteiger partial charge on any atom is 0.416 e. The van der Waals surface area contributed by atoms with Crippen molar-refractivity contribution in [3.8, 4) is 0 Å². The number of anilines is 2. The second-order valence-electron chi connectivity index (χ2n) is 8.09. The van der Waals surface area contributed by atoms with Crippen molar-refractivity contribution in [2.75, 3.05) is 36.4 Å². The Morgan fingerprint density at radius 1 is 0.939 bits per heavy atom. The van der Waals surface area contributed by atoms with Crippen LogP contribution in [0.5, 0.6) is 0 Å². The molecule has 0 atom stereocenters. The fraction of sp³-hybridized carbons (Fsp3) is 0.381. The summed E-state index contributed by atoms with van der Waals surface area (Å²) in [6.07, 6.45) is 0.903. The highest BCUT2D eigenvalue weighted by Gasteiger charge is 2.33. The van der Waals surface area contributed by atoms with Crippen LogP contribution in [0.1, 0.15) is 18.4 Å². The first-order chi connectivity index (χ1) is 15.7. The summed E-state index contributed by atoms with van der Waals surface area (Å²) in [6, 6.07) is 5.74. The molecule has 1 aromatic carbocycles. The molecular weight excluding hydrogens is 457 g/mol. The lowest BCUT2D eigenvalue weighted by Crippen LogP contribution is -2.49. The molecule has 2 aliphatic rings. The van der Waals surface area contributed by atoms with Gasteiger partial charge >= 0.3 is 6.18 Å². The van der Waals surface area contributed by atoms with Crippen LogP contribution in [0.15, 0.2) is 47.6 Å². The molecule has 2 fully saturated rings. The van der Waals surface area contributed by atoms with Crippen molar-refractivity contribution in [2.24, 2.45) is 0 Å². The number of nitrogens with zero attached hydrogens (tertiary/aromatic N) is 5. The van der Waals surface area contributed by atoms with Crippen molar-refractivity contribution in [2.45, 2.75) is 30.0 Å². The number of halogens is 3. The van der Waals surface area contributed by atoms with Gasteiger partial charge in [0.2, 0.25) is 10.0 Å². The number of aromatic nitrogens is 3. The van der Waals surface area contributed by atoms with Gasteiger partial charge in [0.1, 0.15) is 5.52 Å². The number of sulfonamides is 1. The molecule has 1 aliphatic heterocycles. The summed E-state index contributed by atoms with van der Waals surface area (Å²) < 4.78 is 65.6. The molecule has 8 nitrogen and oxygen atoms in total. The highest BCUT2D eigenvalue weighted by molar-refractivity contribution is 7.89. The Hall–Kier alpha value is -2.99. The van der Waals surface area contributed by atoms with E-state index in [0.717, 1.165) is 42.6 Å². The molecule has 3 heterocycles. The summed E-state index contributed by atoms with van der Waals surface area (Å²) in [4.78, 5) is 15.3. The molecule has 1 saturated heterocycles. The van der Waals surface area contributed by atoms with E-state index >= 15 is 0 Å². The minimum Gasteiger partial charge on any atom is -0.364 e. The topological polar surface area (TPSA) is 91.3 Å². The second kappa shape index (κ2) is 8.10. The lowest BCUT2D eigenvalue weighted by molar-refractivity contribution is -0.137. The van der Waals surface area contributed by atoms with Crippen LogP contribution in [0, 0.1) is 0 Å². The third kappa shape index (κ3) is 4.44. The largest absolute Gasteiger partial charge is 0.416 e. The van der Waals surface area contributed by atoms with E-state index in [1.165, 1.54) is 4.31 Å². The van der Waals surface area contributed by atoms with Crippen LogP contribution >= 0.6 is 0 Å². The molecule has 0 unspecified atom stereocenters. The number of pyridine rings is 1. The minimum atomic E-state index is -4.52. The average molecular weight is 479 g/mol. The predicted octanol–water partition coefficient (Wildman–Crippen LogP) is 3.13. The molecule has 2 aromatic heterocycles. The molecule has 3 aromatic rings. The van der Waals surface area contributed by atoms with Gasteiger partial charge in [0.05, 0.1) is 22.2 Å². The summed E-state index contributed by atoms with van der Waals surface area (Å²) in [5, 5.41) is 3.40. The number of fused-ring (bicyclic) bond motifs is 1. The molecule has 12 heteroatoms. The second-order valence-corrected chi connectivity index (χ2v) is 10.0. The Bertz CT molecular complexity index is 1270. The van der Waals surface area contributed by atoms with Gasteiger partial charge in [-0.2, -0.15) is 17.5 Å². The van der Waals surface area contributed by atoms with Crippen molar-refractivity contribution in [3.05, 3.63) is 48.3 Å². The zero-order valence-electron chi connectivity index (χ0n) is 17.5. The number of nitrogens with one attached hydrogen (secondary N) is 1. The molecule has 33 heavy (non-hydrogen) atoms. The van der Waals surface area contributed by atoms with E-state index in [9.17, 15) is 21.6 Å². The molecule has 1 aliphatic carbocycles. The number of alkyl halides is 3. The average Bonchev–Trinajstić information content (AvgIpc) is 3.62. The quantitative estimate of drug-likeness (QED) is 0.603. The first-order valence-corrected chi connectivity index (χ1v) is 12.0. The Morgan fingerprint density at radius 3 is 2.27 bits per heavy atom. The summed E-state index contributed by atoms with van der Waals surface area (Å²) >= 11 is 0. The van der Waals surface area contributed by atoms with Gasteiger partial charge in [0.25, 0.3) is 0 Å². The molecule has 0 amide bonds. The third-order valence-electron chi connectivity index (χ3n) is 5.72. The highest BCUT2D eigenvalue weighted by atomic mass is 32.2. The van der Waals surface area contributed by atoms with Crippen LogP contribution < -0.4 is 10.2 Å². The van der Waals surface area contributed by atoms with Gasteiger partial charge in [-0.3, -0.25) is 4.98 Å². The zero-order valence-corrected chi connectivity index (χ0v) is 18.3. The van der Waals surface area contributed by atoms with Gasteiger partial charge in [-0.1, -0.05) is 0 Å². The van der Waals surface area contributed by atoms with E-state index < -0.39 is 21.8 Å². The van der Waals surface area contributed by atoms with Crippen LogP contribution in [-0.2, 0) is 16.2 Å².